The lowest BCUT2D eigenvalue weighted by Gasteiger charge is -2.46. The number of aliphatic carboxylic acids is 1. The van der Waals surface area contributed by atoms with Gasteiger partial charge in [0.25, 0.3) is 0 Å². The quantitative estimate of drug-likeness (QED) is 0.699. The van der Waals surface area contributed by atoms with Crippen molar-refractivity contribution in [2.75, 3.05) is 13.1 Å². The highest BCUT2D eigenvalue weighted by atomic mass is 16.4. The lowest BCUT2D eigenvalue weighted by atomic mass is 9.61. The van der Waals surface area contributed by atoms with Gasteiger partial charge in [0.05, 0.1) is 12.5 Å². The first kappa shape index (κ1) is 18.0. The summed E-state index contributed by atoms with van der Waals surface area (Å²) < 4.78 is 0. The highest BCUT2D eigenvalue weighted by molar-refractivity contribution is 5.78. The summed E-state index contributed by atoms with van der Waals surface area (Å²) >= 11 is 0. The van der Waals surface area contributed by atoms with Crippen LogP contribution in [-0.2, 0) is 9.59 Å². The van der Waals surface area contributed by atoms with E-state index in [0.29, 0.717) is 25.4 Å². The first-order valence-corrected chi connectivity index (χ1v) is 7.89. The van der Waals surface area contributed by atoms with Crippen LogP contribution in [0.1, 0.15) is 47.5 Å². The molecule has 0 radical (unpaired) electrons. The van der Waals surface area contributed by atoms with Crippen LogP contribution in [0.25, 0.3) is 0 Å². The minimum atomic E-state index is -0.708. The highest BCUT2D eigenvalue weighted by Crippen LogP contribution is 2.44. The molecule has 0 saturated heterocycles. The molecule has 3 atom stereocenters. The van der Waals surface area contributed by atoms with Crippen LogP contribution >= 0.6 is 0 Å². The van der Waals surface area contributed by atoms with Crippen LogP contribution in [0.15, 0.2) is 0 Å². The number of hydrogen-bond acceptors (Lipinski definition) is 3. The molecule has 3 N–H and O–H groups in total. The predicted molar refractivity (Wildman–Crippen MR) is 82.9 cm³/mol. The summed E-state index contributed by atoms with van der Waals surface area (Å²) in [6.07, 6.45) is 1.47. The average molecular weight is 298 g/mol. The second-order valence-electron chi connectivity index (χ2n) is 7.26. The summed E-state index contributed by atoms with van der Waals surface area (Å²) in [5.41, 5.74) is -0.268. The maximum atomic E-state index is 11.8. The minimum Gasteiger partial charge on any atom is -0.481 e. The number of hydrogen-bond donors (Lipinski definition) is 3. The third-order valence-electron chi connectivity index (χ3n) is 4.97. The smallest absolute Gasteiger partial charge is 0.307 e. The summed E-state index contributed by atoms with van der Waals surface area (Å²) in [5, 5.41) is 15.5. The van der Waals surface area contributed by atoms with E-state index < -0.39 is 5.97 Å². The Bertz CT molecular complexity index is 380. The molecule has 0 aromatic carbocycles. The fourth-order valence-electron chi connectivity index (χ4n) is 3.13. The van der Waals surface area contributed by atoms with Crippen molar-refractivity contribution in [3.63, 3.8) is 0 Å². The van der Waals surface area contributed by atoms with E-state index in [4.69, 9.17) is 0 Å². The second-order valence-corrected chi connectivity index (χ2v) is 7.26. The Morgan fingerprint density at radius 2 is 1.90 bits per heavy atom. The van der Waals surface area contributed by atoms with Crippen molar-refractivity contribution in [2.45, 2.75) is 53.5 Å². The number of carboxylic acid groups (broad SMARTS) is 1. The summed E-state index contributed by atoms with van der Waals surface area (Å²) in [6.45, 7) is 11.2. The zero-order valence-electron chi connectivity index (χ0n) is 13.9. The lowest BCUT2D eigenvalue weighted by Crippen LogP contribution is -2.52. The van der Waals surface area contributed by atoms with Crippen LogP contribution in [-0.4, -0.2) is 36.1 Å². The zero-order valence-corrected chi connectivity index (χ0v) is 13.9. The van der Waals surface area contributed by atoms with Gasteiger partial charge in [-0.3, -0.25) is 9.59 Å². The van der Waals surface area contributed by atoms with Crippen LogP contribution in [0, 0.1) is 23.2 Å². The maximum Gasteiger partial charge on any atom is 0.307 e. The zero-order chi connectivity index (χ0) is 16.2. The van der Waals surface area contributed by atoms with Crippen LogP contribution < -0.4 is 10.6 Å². The van der Waals surface area contributed by atoms with Gasteiger partial charge in [-0.2, -0.15) is 0 Å². The highest BCUT2D eigenvalue weighted by Gasteiger charge is 2.46. The topological polar surface area (TPSA) is 78.4 Å². The third-order valence-corrected chi connectivity index (χ3v) is 4.97. The number of nitrogens with one attached hydrogen (secondary N) is 2. The van der Waals surface area contributed by atoms with E-state index in [1.54, 1.807) is 0 Å². The van der Waals surface area contributed by atoms with Crippen LogP contribution in [0.5, 0.6) is 0 Å². The summed E-state index contributed by atoms with van der Waals surface area (Å²) in [6, 6.07) is 0.195. The van der Waals surface area contributed by atoms with E-state index in [9.17, 15) is 14.7 Å². The van der Waals surface area contributed by atoms with Crippen LogP contribution in [0.4, 0.5) is 0 Å². The monoisotopic (exact) mass is 298 g/mol. The van der Waals surface area contributed by atoms with Gasteiger partial charge in [-0.1, -0.05) is 34.6 Å². The molecule has 5 heteroatoms. The first-order valence-electron chi connectivity index (χ1n) is 7.89. The van der Waals surface area contributed by atoms with E-state index in [1.165, 1.54) is 0 Å². The normalized spacial score (nSPS) is 28.4. The van der Waals surface area contributed by atoms with Crippen LogP contribution in [0.2, 0.25) is 0 Å². The first-order chi connectivity index (χ1) is 9.66. The molecule has 0 aromatic rings. The molecule has 5 nitrogen and oxygen atoms in total. The summed E-state index contributed by atoms with van der Waals surface area (Å²) in [5.74, 6) is -0.350. The molecule has 1 fully saturated rings. The second kappa shape index (κ2) is 7.25. The Balaban J connectivity index is 2.51. The van der Waals surface area contributed by atoms with Crippen molar-refractivity contribution in [3.05, 3.63) is 0 Å². The van der Waals surface area contributed by atoms with Crippen molar-refractivity contribution in [2.24, 2.45) is 23.2 Å². The number of amides is 1. The Hall–Kier alpha value is -1.10. The van der Waals surface area contributed by atoms with Crippen LogP contribution in [0.3, 0.4) is 0 Å². The van der Waals surface area contributed by atoms with Crippen molar-refractivity contribution in [1.82, 2.24) is 10.6 Å². The van der Waals surface area contributed by atoms with Gasteiger partial charge in [0.15, 0.2) is 0 Å². The van der Waals surface area contributed by atoms with Gasteiger partial charge in [-0.15, -0.1) is 0 Å². The van der Waals surface area contributed by atoms with Gasteiger partial charge >= 0.3 is 5.97 Å². The van der Waals surface area contributed by atoms with E-state index in [-0.39, 0.29) is 29.2 Å². The minimum absolute atomic E-state index is 0.00839. The standard InChI is InChI=1S/C16H30N2O3/c1-10(2)8-18-14(19)9-17-13-7-6-12(15(20)21)16(4,5)11(13)3/h10-13,17H,6-9H2,1-5H3,(H,18,19)(H,20,21). The maximum absolute atomic E-state index is 11.8. The molecule has 3 unspecified atom stereocenters. The van der Waals surface area contributed by atoms with Gasteiger partial charge < -0.3 is 15.7 Å². The molecule has 0 aliphatic heterocycles. The number of carbonyl (C=O) groups excluding carboxylic acids is 1. The Morgan fingerprint density at radius 3 is 2.43 bits per heavy atom. The fraction of sp³-hybridized carbons (Fsp3) is 0.875. The predicted octanol–water partition coefficient (Wildman–Crippen LogP) is 1.87. The van der Waals surface area contributed by atoms with Gasteiger partial charge in [0.1, 0.15) is 0 Å². The van der Waals surface area contributed by atoms with Gasteiger partial charge in [0.2, 0.25) is 5.91 Å². The molecule has 1 amide bonds. The Morgan fingerprint density at radius 1 is 1.29 bits per heavy atom. The lowest BCUT2D eigenvalue weighted by molar-refractivity contribution is -0.150. The molecular weight excluding hydrogens is 268 g/mol. The molecule has 0 bridgehead atoms. The molecule has 1 aliphatic rings. The SMILES string of the molecule is CC(C)CNC(=O)CNC1CCC(C(=O)O)C(C)(C)C1C. The van der Waals surface area contributed by atoms with E-state index in [0.717, 1.165) is 6.42 Å². The molecule has 122 valence electrons. The van der Waals surface area contributed by atoms with Crippen molar-refractivity contribution in [1.29, 1.82) is 0 Å². The van der Waals surface area contributed by atoms with Gasteiger partial charge in [-0.25, -0.2) is 0 Å². The summed E-state index contributed by atoms with van der Waals surface area (Å²) in [4.78, 5) is 23.1. The molecule has 0 heterocycles. The largest absolute Gasteiger partial charge is 0.481 e. The molecular formula is C16H30N2O3. The molecule has 1 saturated carbocycles. The van der Waals surface area contributed by atoms with Gasteiger partial charge in [0, 0.05) is 12.6 Å². The summed E-state index contributed by atoms with van der Waals surface area (Å²) in [7, 11) is 0. The Labute approximate surface area is 127 Å². The van der Waals surface area contributed by atoms with Crippen molar-refractivity contribution >= 4 is 11.9 Å². The molecule has 0 aromatic heterocycles. The van der Waals surface area contributed by atoms with E-state index in [1.807, 2.05) is 13.8 Å². The fourth-order valence-corrected chi connectivity index (χ4v) is 3.13. The van der Waals surface area contributed by atoms with E-state index >= 15 is 0 Å². The third kappa shape index (κ3) is 4.70. The van der Waals surface area contributed by atoms with Crippen molar-refractivity contribution in [3.8, 4) is 0 Å². The Kier molecular flexibility index (Phi) is 6.20. The van der Waals surface area contributed by atoms with E-state index in [2.05, 4.69) is 31.4 Å². The molecule has 1 rings (SSSR count). The average Bonchev–Trinajstić information content (AvgIpc) is 2.37. The number of rotatable bonds is 6. The number of carboxylic acids is 1. The molecule has 1 aliphatic carbocycles. The molecule has 21 heavy (non-hydrogen) atoms. The van der Waals surface area contributed by atoms with Gasteiger partial charge in [-0.05, 0) is 30.1 Å². The van der Waals surface area contributed by atoms with Crippen molar-refractivity contribution < 1.29 is 14.7 Å². The molecule has 0 spiro atoms. The number of carbonyl (C=O) groups is 2.